The number of carbonyl (C=O) groups is 1. The number of nitrogens with one attached hydrogen (secondary N) is 1. The van der Waals surface area contributed by atoms with Crippen molar-refractivity contribution in [2.24, 2.45) is 0 Å². The summed E-state index contributed by atoms with van der Waals surface area (Å²) in [6.45, 7) is 4.86. The SMILES string of the molecule is CCC1CCCCN1c1ccc(C(=O)NCCCN(C)C)nn1. The van der Waals surface area contributed by atoms with Crippen molar-refractivity contribution in [3.05, 3.63) is 17.8 Å². The molecular weight excluding hydrogens is 290 g/mol. The summed E-state index contributed by atoms with van der Waals surface area (Å²) in [4.78, 5) is 16.5. The van der Waals surface area contributed by atoms with Crippen molar-refractivity contribution in [1.82, 2.24) is 20.4 Å². The molecule has 0 bridgehead atoms. The van der Waals surface area contributed by atoms with Crippen LogP contribution in [0.1, 0.15) is 49.5 Å². The first-order chi connectivity index (χ1) is 11.1. The highest BCUT2D eigenvalue weighted by Crippen LogP contribution is 2.24. The van der Waals surface area contributed by atoms with Crippen molar-refractivity contribution in [1.29, 1.82) is 0 Å². The predicted molar refractivity (Wildman–Crippen MR) is 92.8 cm³/mol. The Labute approximate surface area is 139 Å². The number of aromatic nitrogens is 2. The third kappa shape index (κ3) is 5.16. The molecule has 1 aromatic heterocycles. The molecule has 1 N–H and O–H groups in total. The quantitative estimate of drug-likeness (QED) is 0.778. The summed E-state index contributed by atoms with van der Waals surface area (Å²) < 4.78 is 0. The van der Waals surface area contributed by atoms with Crippen molar-refractivity contribution < 1.29 is 4.79 Å². The normalized spacial score (nSPS) is 18.3. The molecule has 128 valence electrons. The van der Waals surface area contributed by atoms with Gasteiger partial charge in [-0.3, -0.25) is 4.79 Å². The van der Waals surface area contributed by atoms with E-state index in [-0.39, 0.29) is 5.91 Å². The number of piperidine rings is 1. The lowest BCUT2D eigenvalue weighted by atomic mass is 10.0. The van der Waals surface area contributed by atoms with Crippen molar-refractivity contribution in [3.8, 4) is 0 Å². The van der Waals surface area contributed by atoms with Gasteiger partial charge in [-0.05, 0) is 64.9 Å². The number of hydrogen-bond donors (Lipinski definition) is 1. The number of amides is 1. The van der Waals surface area contributed by atoms with Crippen LogP contribution in [0.2, 0.25) is 0 Å². The molecule has 0 aromatic carbocycles. The molecule has 1 unspecified atom stereocenters. The minimum atomic E-state index is -0.145. The minimum Gasteiger partial charge on any atom is -0.352 e. The predicted octanol–water partition coefficient (Wildman–Crippen LogP) is 1.93. The second-order valence-electron chi connectivity index (χ2n) is 6.44. The summed E-state index contributed by atoms with van der Waals surface area (Å²) in [5.74, 6) is 0.745. The Morgan fingerprint density at radius 1 is 1.35 bits per heavy atom. The zero-order chi connectivity index (χ0) is 16.7. The van der Waals surface area contributed by atoms with E-state index < -0.39 is 0 Å². The summed E-state index contributed by atoms with van der Waals surface area (Å²) in [6.07, 6.45) is 5.75. The van der Waals surface area contributed by atoms with Crippen LogP contribution in [-0.4, -0.2) is 60.8 Å². The van der Waals surface area contributed by atoms with Crippen LogP contribution in [0, 0.1) is 0 Å². The van der Waals surface area contributed by atoms with Crippen LogP contribution in [0.4, 0.5) is 5.82 Å². The van der Waals surface area contributed by atoms with Gasteiger partial charge in [0.25, 0.3) is 5.91 Å². The highest BCUT2D eigenvalue weighted by Gasteiger charge is 2.22. The Morgan fingerprint density at radius 3 is 2.83 bits per heavy atom. The Balaban J connectivity index is 1.89. The Morgan fingerprint density at radius 2 is 2.17 bits per heavy atom. The van der Waals surface area contributed by atoms with E-state index in [9.17, 15) is 4.79 Å². The summed E-state index contributed by atoms with van der Waals surface area (Å²) in [7, 11) is 4.05. The highest BCUT2D eigenvalue weighted by atomic mass is 16.1. The second-order valence-corrected chi connectivity index (χ2v) is 6.44. The molecule has 0 saturated carbocycles. The van der Waals surface area contributed by atoms with Gasteiger partial charge in [0.1, 0.15) is 0 Å². The lowest BCUT2D eigenvalue weighted by molar-refractivity contribution is 0.0946. The number of anilines is 1. The topological polar surface area (TPSA) is 61.4 Å². The third-order valence-electron chi connectivity index (χ3n) is 4.34. The molecule has 1 saturated heterocycles. The van der Waals surface area contributed by atoms with E-state index in [4.69, 9.17) is 0 Å². The van der Waals surface area contributed by atoms with Crippen LogP contribution in [0.25, 0.3) is 0 Å². The van der Waals surface area contributed by atoms with Crippen LogP contribution >= 0.6 is 0 Å². The van der Waals surface area contributed by atoms with E-state index in [1.54, 1.807) is 6.07 Å². The molecule has 1 atom stereocenters. The molecular formula is C17H29N5O. The third-order valence-corrected chi connectivity index (χ3v) is 4.34. The molecule has 1 aromatic rings. The fourth-order valence-electron chi connectivity index (χ4n) is 3.01. The van der Waals surface area contributed by atoms with E-state index in [0.717, 1.165) is 31.7 Å². The number of carbonyl (C=O) groups excluding carboxylic acids is 1. The van der Waals surface area contributed by atoms with E-state index in [1.165, 1.54) is 19.3 Å². The average Bonchev–Trinajstić information content (AvgIpc) is 2.58. The van der Waals surface area contributed by atoms with Gasteiger partial charge in [0, 0.05) is 19.1 Å². The maximum Gasteiger partial charge on any atom is 0.271 e. The number of rotatable bonds is 7. The molecule has 6 heteroatoms. The Hall–Kier alpha value is -1.69. The maximum atomic E-state index is 12.1. The monoisotopic (exact) mass is 319 g/mol. The second kappa shape index (κ2) is 8.82. The molecule has 1 amide bonds. The first kappa shape index (κ1) is 17.7. The smallest absolute Gasteiger partial charge is 0.271 e. The lowest BCUT2D eigenvalue weighted by Crippen LogP contribution is -2.39. The van der Waals surface area contributed by atoms with Gasteiger partial charge < -0.3 is 15.1 Å². The largest absolute Gasteiger partial charge is 0.352 e. The fourth-order valence-corrected chi connectivity index (χ4v) is 3.01. The van der Waals surface area contributed by atoms with Crippen LogP contribution in [0.5, 0.6) is 0 Å². The van der Waals surface area contributed by atoms with E-state index in [0.29, 0.717) is 18.3 Å². The van der Waals surface area contributed by atoms with E-state index >= 15 is 0 Å². The number of nitrogens with zero attached hydrogens (tertiary/aromatic N) is 4. The summed E-state index contributed by atoms with van der Waals surface area (Å²) in [5.41, 5.74) is 0.392. The Kier molecular flexibility index (Phi) is 6.77. The summed E-state index contributed by atoms with van der Waals surface area (Å²) in [6, 6.07) is 4.25. The molecule has 0 spiro atoms. The highest BCUT2D eigenvalue weighted by molar-refractivity contribution is 5.92. The van der Waals surface area contributed by atoms with Gasteiger partial charge in [-0.2, -0.15) is 0 Å². The molecule has 0 radical (unpaired) electrons. The van der Waals surface area contributed by atoms with E-state index in [2.05, 4.69) is 32.2 Å². The molecule has 23 heavy (non-hydrogen) atoms. The van der Waals surface area contributed by atoms with Gasteiger partial charge in [0.15, 0.2) is 11.5 Å². The van der Waals surface area contributed by atoms with Gasteiger partial charge in [-0.25, -0.2) is 0 Å². The minimum absolute atomic E-state index is 0.145. The molecule has 1 fully saturated rings. The van der Waals surface area contributed by atoms with Crippen LogP contribution in [0.15, 0.2) is 12.1 Å². The van der Waals surface area contributed by atoms with Crippen LogP contribution in [-0.2, 0) is 0 Å². The Bertz CT molecular complexity index is 488. The average molecular weight is 319 g/mol. The molecule has 2 rings (SSSR count). The van der Waals surface area contributed by atoms with Gasteiger partial charge >= 0.3 is 0 Å². The van der Waals surface area contributed by atoms with Crippen molar-refractivity contribution in [3.63, 3.8) is 0 Å². The summed E-state index contributed by atoms with van der Waals surface area (Å²) >= 11 is 0. The van der Waals surface area contributed by atoms with E-state index in [1.807, 2.05) is 20.2 Å². The molecule has 2 heterocycles. The zero-order valence-electron chi connectivity index (χ0n) is 14.6. The van der Waals surface area contributed by atoms with Crippen LogP contribution in [0.3, 0.4) is 0 Å². The fraction of sp³-hybridized carbons (Fsp3) is 0.706. The van der Waals surface area contributed by atoms with Crippen molar-refractivity contribution in [2.75, 3.05) is 38.6 Å². The van der Waals surface area contributed by atoms with Gasteiger partial charge in [0.05, 0.1) is 0 Å². The van der Waals surface area contributed by atoms with Crippen LogP contribution < -0.4 is 10.2 Å². The van der Waals surface area contributed by atoms with Gasteiger partial charge in [-0.1, -0.05) is 6.92 Å². The molecule has 6 nitrogen and oxygen atoms in total. The standard InChI is InChI=1S/C17H29N5O/c1-4-14-8-5-6-13-22(14)16-10-9-15(19-20-16)17(23)18-11-7-12-21(2)3/h9-10,14H,4-8,11-13H2,1-3H3,(H,18,23). The van der Waals surface area contributed by atoms with Gasteiger partial charge in [0.2, 0.25) is 0 Å². The first-order valence-corrected chi connectivity index (χ1v) is 8.65. The van der Waals surface area contributed by atoms with Gasteiger partial charge in [-0.15, -0.1) is 10.2 Å². The molecule has 1 aliphatic rings. The zero-order valence-corrected chi connectivity index (χ0v) is 14.6. The molecule has 0 aliphatic carbocycles. The lowest BCUT2D eigenvalue weighted by Gasteiger charge is -2.35. The molecule has 1 aliphatic heterocycles. The van der Waals surface area contributed by atoms with Crippen molar-refractivity contribution in [2.45, 2.75) is 45.1 Å². The maximum absolute atomic E-state index is 12.1. The van der Waals surface area contributed by atoms with Crippen molar-refractivity contribution >= 4 is 11.7 Å². The summed E-state index contributed by atoms with van der Waals surface area (Å²) in [5, 5.41) is 11.3. The first-order valence-electron chi connectivity index (χ1n) is 8.65. The number of hydrogen-bond acceptors (Lipinski definition) is 5.